The topological polar surface area (TPSA) is 124 Å². The Bertz CT molecular complexity index is 1720. The van der Waals surface area contributed by atoms with E-state index in [1.54, 1.807) is 31.2 Å². The molecule has 2 unspecified atom stereocenters. The number of cyclic esters (lactones) is 1. The average molecular weight is 636 g/mol. The van der Waals surface area contributed by atoms with Gasteiger partial charge < -0.3 is 20.5 Å². The van der Waals surface area contributed by atoms with Crippen molar-refractivity contribution >= 4 is 45.6 Å². The van der Waals surface area contributed by atoms with Gasteiger partial charge in [0.15, 0.2) is 0 Å². The number of aliphatic hydroxyl groups is 1. The molecule has 2 fully saturated rings. The SMILES string of the molecule is Cc1nc2cc(-c3nc(C(C)O)c(C(F)(F)F)s3)c(N)cc2c(=O)n1Cc1ccc(Cl)cc1.O=C1OCC2CCCCN12. The lowest BCUT2D eigenvalue weighted by Crippen LogP contribution is -2.37. The molecular weight excluding hydrogens is 607 g/mol. The van der Waals surface area contributed by atoms with Crippen molar-refractivity contribution in [3.63, 3.8) is 0 Å². The van der Waals surface area contributed by atoms with Gasteiger partial charge in [0.05, 0.1) is 35.3 Å². The van der Waals surface area contributed by atoms with Gasteiger partial charge in [-0.15, -0.1) is 11.3 Å². The Morgan fingerprint density at radius 1 is 1.19 bits per heavy atom. The zero-order chi connectivity index (χ0) is 31.1. The van der Waals surface area contributed by atoms with Gasteiger partial charge >= 0.3 is 12.3 Å². The van der Waals surface area contributed by atoms with Gasteiger partial charge in [-0.1, -0.05) is 23.7 Å². The maximum Gasteiger partial charge on any atom is 0.427 e. The van der Waals surface area contributed by atoms with E-state index in [4.69, 9.17) is 22.1 Å². The maximum absolute atomic E-state index is 13.4. The number of ether oxygens (including phenoxy) is 1. The number of benzene rings is 2. The van der Waals surface area contributed by atoms with E-state index >= 15 is 0 Å². The Labute approximate surface area is 253 Å². The molecule has 1 amide bonds. The summed E-state index contributed by atoms with van der Waals surface area (Å²) < 4.78 is 46.6. The van der Waals surface area contributed by atoms with Gasteiger partial charge in [0.1, 0.15) is 22.3 Å². The van der Waals surface area contributed by atoms with Crippen LogP contribution in [0.25, 0.3) is 21.5 Å². The molecular formula is C29H29ClF3N5O4S. The minimum absolute atomic E-state index is 0.0116. The fourth-order valence-electron chi connectivity index (χ4n) is 5.14. The van der Waals surface area contributed by atoms with Crippen molar-refractivity contribution in [3.05, 3.63) is 73.7 Å². The van der Waals surface area contributed by atoms with Gasteiger partial charge in [0, 0.05) is 22.8 Å². The highest BCUT2D eigenvalue weighted by Crippen LogP contribution is 2.43. The van der Waals surface area contributed by atoms with Crippen LogP contribution in [0, 0.1) is 6.92 Å². The van der Waals surface area contributed by atoms with Crippen LogP contribution in [0.1, 0.15) is 54.2 Å². The predicted octanol–water partition coefficient (Wildman–Crippen LogP) is 6.18. The van der Waals surface area contributed by atoms with Crippen molar-refractivity contribution in [3.8, 4) is 10.6 Å². The number of nitrogen functional groups attached to an aromatic ring is 1. The van der Waals surface area contributed by atoms with Gasteiger partial charge in [-0.25, -0.2) is 14.8 Å². The van der Waals surface area contributed by atoms with E-state index in [-0.39, 0.29) is 45.4 Å². The molecule has 2 aromatic carbocycles. The summed E-state index contributed by atoms with van der Waals surface area (Å²) in [4.78, 5) is 33.4. The van der Waals surface area contributed by atoms with E-state index in [2.05, 4.69) is 9.97 Å². The average Bonchev–Trinajstić information content (AvgIpc) is 3.58. The lowest BCUT2D eigenvalue weighted by molar-refractivity contribution is -0.136. The molecule has 4 heterocycles. The molecule has 14 heteroatoms. The van der Waals surface area contributed by atoms with Gasteiger partial charge in [0.2, 0.25) is 0 Å². The van der Waals surface area contributed by atoms with Crippen molar-refractivity contribution in [2.75, 3.05) is 18.9 Å². The summed E-state index contributed by atoms with van der Waals surface area (Å²) in [7, 11) is 0. The van der Waals surface area contributed by atoms with Gasteiger partial charge in [-0.05, 0) is 62.9 Å². The highest BCUT2D eigenvalue weighted by Gasteiger charge is 2.38. The van der Waals surface area contributed by atoms with Crippen molar-refractivity contribution in [2.24, 2.45) is 0 Å². The lowest BCUT2D eigenvalue weighted by Gasteiger charge is -2.25. The van der Waals surface area contributed by atoms with Crippen LogP contribution in [-0.4, -0.2) is 49.8 Å². The van der Waals surface area contributed by atoms with Crippen LogP contribution < -0.4 is 11.3 Å². The Morgan fingerprint density at radius 2 is 1.91 bits per heavy atom. The Morgan fingerprint density at radius 3 is 2.53 bits per heavy atom. The second-order valence-electron chi connectivity index (χ2n) is 10.5. The number of rotatable bonds is 4. The van der Waals surface area contributed by atoms with Crippen LogP contribution in [0.15, 0.2) is 41.2 Å². The largest absolute Gasteiger partial charge is 0.447 e. The third kappa shape index (κ3) is 6.48. The molecule has 2 aliphatic heterocycles. The summed E-state index contributed by atoms with van der Waals surface area (Å²) in [5.74, 6) is 0.429. The molecule has 2 aromatic heterocycles. The number of piperidine rings is 1. The molecule has 0 bridgehead atoms. The molecule has 43 heavy (non-hydrogen) atoms. The number of halogens is 4. The molecule has 2 atom stereocenters. The smallest absolute Gasteiger partial charge is 0.427 e. The Balaban J connectivity index is 0.000000308. The number of hydrogen-bond acceptors (Lipinski definition) is 8. The molecule has 3 N–H and O–H groups in total. The number of aliphatic hydroxyl groups excluding tert-OH is 1. The van der Waals surface area contributed by atoms with Crippen LogP contribution in [0.2, 0.25) is 5.02 Å². The fraction of sp³-hybridized carbons (Fsp3) is 0.379. The number of anilines is 1. The summed E-state index contributed by atoms with van der Waals surface area (Å²) in [5.41, 5.74) is 6.76. The quantitative estimate of drug-likeness (QED) is 0.257. The summed E-state index contributed by atoms with van der Waals surface area (Å²) in [6, 6.07) is 10.3. The van der Waals surface area contributed by atoms with Crippen LogP contribution in [-0.2, 0) is 17.5 Å². The zero-order valence-corrected chi connectivity index (χ0v) is 24.9. The third-order valence-corrected chi connectivity index (χ3v) is 8.77. The number of hydrogen-bond donors (Lipinski definition) is 2. The molecule has 2 aliphatic rings. The zero-order valence-electron chi connectivity index (χ0n) is 23.3. The minimum atomic E-state index is -4.67. The molecule has 6 rings (SSSR count). The van der Waals surface area contributed by atoms with Crippen LogP contribution in [0.5, 0.6) is 0 Å². The number of nitrogens with zero attached hydrogens (tertiary/aromatic N) is 4. The van der Waals surface area contributed by atoms with Gasteiger partial charge in [-0.2, -0.15) is 13.2 Å². The van der Waals surface area contributed by atoms with E-state index < -0.39 is 22.9 Å². The van der Waals surface area contributed by atoms with E-state index in [1.807, 2.05) is 4.90 Å². The maximum atomic E-state index is 13.4. The molecule has 0 saturated carbocycles. The first-order valence-electron chi connectivity index (χ1n) is 13.6. The van der Waals surface area contributed by atoms with E-state index in [9.17, 15) is 27.9 Å². The standard InChI is InChI=1S/C22H18ClF3N4O2S.C7H11NO2/c1-10(31)18-19(22(24,25)26)33-20(29-18)14-8-17-15(7-16(14)27)21(32)30(11(2)28-17)9-12-3-5-13(23)6-4-12;9-7-8-4-2-1-3-6(8)5-10-7/h3-8,10,31H,9,27H2,1-2H3;6H,1-5H2. The lowest BCUT2D eigenvalue weighted by atomic mass is 10.0. The highest BCUT2D eigenvalue weighted by atomic mass is 35.5. The first-order chi connectivity index (χ1) is 20.3. The van der Waals surface area contributed by atoms with E-state index in [0.29, 0.717) is 34.8 Å². The Hall–Kier alpha value is -3.68. The van der Waals surface area contributed by atoms with E-state index in [0.717, 1.165) is 24.9 Å². The summed E-state index contributed by atoms with van der Waals surface area (Å²) in [6.45, 7) is 4.68. The number of amides is 1. The third-order valence-electron chi connectivity index (χ3n) is 7.37. The van der Waals surface area contributed by atoms with Crippen molar-refractivity contribution in [1.29, 1.82) is 0 Å². The summed E-state index contributed by atoms with van der Waals surface area (Å²) in [6.07, 6.45) is -2.66. The normalized spacial score (nSPS) is 17.3. The number of aryl methyl sites for hydroxylation is 1. The predicted molar refractivity (Wildman–Crippen MR) is 158 cm³/mol. The first kappa shape index (κ1) is 30.8. The second kappa shape index (κ2) is 12.1. The molecule has 0 aliphatic carbocycles. The molecule has 0 spiro atoms. The van der Waals surface area contributed by atoms with E-state index in [1.165, 1.54) is 30.0 Å². The second-order valence-corrected chi connectivity index (χ2v) is 11.9. The molecule has 0 radical (unpaired) electrons. The summed E-state index contributed by atoms with van der Waals surface area (Å²) in [5, 5.41) is 10.6. The highest BCUT2D eigenvalue weighted by molar-refractivity contribution is 7.15. The number of alkyl halides is 3. The van der Waals surface area contributed by atoms with Crippen LogP contribution in [0.4, 0.5) is 23.7 Å². The van der Waals surface area contributed by atoms with Crippen molar-refractivity contribution in [1.82, 2.24) is 19.4 Å². The molecule has 228 valence electrons. The van der Waals surface area contributed by atoms with Crippen LogP contribution in [0.3, 0.4) is 0 Å². The number of thiazole rings is 1. The number of fused-ring (bicyclic) bond motifs is 2. The number of carbonyl (C=O) groups excluding carboxylic acids is 1. The molecule has 9 nitrogen and oxygen atoms in total. The van der Waals surface area contributed by atoms with Gasteiger partial charge in [-0.3, -0.25) is 9.36 Å². The first-order valence-corrected chi connectivity index (χ1v) is 14.8. The van der Waals surface area contributed by atoms with Crippen LogP contribution >= 0.6 is 22.9 Å². The summed E-state index contributed by atoms with van der Waals surface area (Å²) >= 11 is 6.30. The number of nitrogens with two attached hydrogens (primary N) is 1. The number of carbonyl (C=O) groups is 1. The molecule has 4 aromatic rings. The monoisotopic (exact) mass is 635 g/mol. The Kier molecular flexibility index (Phi) is 8.68. The van der Waals surface area contributed by atoms with Gasteiger partial charge in [0.25, 0.3) is 5.56 Å². The fourth-order valence-corrected chi connectivity index (χ4v) is 6.32. The van der Waals surface area contributed by atoms with Crippen molar-refractivity contribution in [2.45, 2.75) is 58.0 Å². The molecule has 2 saturated heterocycles. The minimum Gasteiger partial charge on any atom is -0.447 e. The number of aromatic nitrogens is 3. The van der Waals surface area contributed by atoms with Crippen molar-refractivity contribution < 1.29 is 27.8 Å².